The van der Waals surface area contributed by atoms with Crippen molar-refractivity contribution in [3.05, 3.63) is 138 Å². The highest BCUT2D eigenvalue weighted by atomic mass is 35.5. The third-order valence-corrected chi connectivity index (χ3v) is 16.5. The summed E-state index contributed by atoms with van der Waals surface area (Å²) < 4.78 is 69.7. The fraction of sp³-hybridized carbons (Fsp3) is 0.429. The first-order chi connectivity index (χ1) is 46.0. The number of hydrogen-bond acceptors (Lipinski definition) is 18. The number of nitrogens with one attached hydrogen (secondary N) is 3. The molecule has 2 saturated carbocycles. The smallest absolute Gasteiger partial charge is 0.307 e. The molecular weight excluding hydrogens is 1290 g/mol. The zero-order chi connectivity index (χ0) is 69.8. The van der Waals surface area contributed by atoms with E-state index in [0.29, 0.717) is 68.1 Å². The number of aliphatic hydroxyl groups is 1. The number of aliphatic hydroxyl groups excluding tert-OH is 1. The maximum Gasteiger partial charge on any atom is 0.307 e. The minimum Gasteiger partial charge on any atom is -0.494 e. The largest absolute Gasteiger partial charge is 0.494 e. The molecule has 1 aliphatic heterocycles. The molecule has 11 rings (SSSR count). The Bertz CT molecular complexity index is 3980. The van der Waals surface area contributed by atoms with Crippen molar-refractivity contribution in [2.75, 3.05) is 61.9 Å². The predicted molar refractivity (Wildman–Crippen MR) is 378 cm³/mol. The first-order valence-corrected chi connectivity index (χ1v) is 32.5. The molecule has 2 aliphatic carbocycles. The molecule has 0 radical (unpaired) electrons. The predicted octanol–water partition coefficient (Wildman–Crippen LogP) is 16.4. The molecule has 1 saturated heterocycles. The fourth-order valence-electron chi connectivity index (χ4n) is 11.7. The van der Waals surface area contributed by atoms with E-state index in [0.717, 1.165) is 75.1 Å². The number of carbonyl (C=O) groups is 2. The second-order valence-corrected chi connectivity index (χ2v) is 24.0. The summed E-state index contributed by atoms with van der Waals surface area (Å²) in [6, 6.07) is 15.6. The number of fused-ring (bicyclic) bond motifs is 2. The Morgan fingerprint density at radius 3 is 1.57 bits per heavy atom. The van der Waals surface area contributed by atoms with Crippen molar-refractivity contribution >= 4 is 97.6 Å². The number of nitro groups is 1. The Morgan fingerprint density at radius 2 is 1.15 bits per heavy atom. The Labute approximate surface area is 575 Å². The molecule has 97 heavy (non-hydrogen) atoms. The normalized spacial score (nSPS) is 14.1. The lowest BCUT2D eigenvalue weighted by atomic mass is 9.98. The second kappa shape index (κ2) is 37.1. The van der Waals surface area contributed by atoms with Gasteiger partial charge in [-0.3, -0.25) is 19.7 Å². The van der Waals surface area contributed by atoms with Crippen LogP contribution in [-0.2, 0) is 19.1 Å². The number of aryl methyl sites for hydroxylation is 2. The maximum absolute atomic E-state index is 15.1. The third kappa shape index (κ3) is 20.9. The standard InChI is InChI=1S/C31H36FN7O3.C22H20F2N6O3.C8H16O.C6H12O.C3H3ClO.ClH/c1-7-29(40)35-24-16-25(28(42-6)17-26(24)38-12-9-21(41-5)10-13-38)37-31-33-11-8-23(36-31)20-14-22(32)30-27(15-20)39(18(2)3)19(4)34-30;1-11(2)29-12(3)26-21-15(24)7-13(8-19(21)29)16-5-6-25-22(27-16)28-17-10-18(30(31)32)14(23)9-20(17)33-4;1-2-9-8-6-4-3-5-7-8;7-6-4-2-1-3-5-6;1-2-3(4)5;/h7-8,11,14-18,21H,1,9-10,12-13H2,2-6H3,(H,35,40)(H,33,36,37);5-11H,1-4H3,(H,25,27,28);8H,2-7H2,1H3;6-7H,1-5H2;2H,1H2;1H. The number of aromatic nitrogens is 8. The number of methoxy groups -OCH3 is 3. The Balaban J connectivity index is 0.000000236. The average Bonchev–Trinajstić information content (AvgIpc) is 1.67. The number of rotatable bonds is 18. The van der Waals surface area contributed by atoms with Crippen molar-refractivity contribution in [3.8, 4) is 34.0 Å². The molecule has 4 aromatic heterocycles. The van der Waals surface area contributed by atoms with Crippen LogP contribution in [0.4, 0.5) is 53.5 Å². The van der Waals surface area contributed by atoms with Crippen molar-refractivity contribution in [1.82, 2.24) is 39.0 Å². The molecule has 4 N–H and O–H groups in total. The summed E-state index contributed by atoms with van der Waals surface area (Å²) in [6.07, 6.45) is 20.6. The van der Waals surface area contributed by atoms with Crippen molar-refractivity contribution in [2.45, 2.75) is 156 Å². The minimum atomic E-state index is -1.03. The topological polar surface area (TPSA) is 261 Å². The summed E-state index contributed by atoms with van der Waals surface area (Å²) in [6.45, 7) is 22.9. The van der Waals surface area contributed by atoms with E-state index in [1.54, 1.807) is 44.7 Å². The number of nitrogens with zero attached hydrogens (tertiary/aromatic N) is 10. The lowest BCUT2D eigenvalue weighted by Gasteiger charge is -2.34. The maximum atomic E-state index is 15.1. The van der Waals surface area contributed by atoms with Crippen LogP contribution in [0.3, 0.4) is 0 Å². The number of imidazole rings is 2. The number of nitro benzene ring substituents is 1. The monoisotopic (exact) mass is 1380 g/mol. The summed E-state index contributed by atoms with van der Waals surface area (Å²) in [7, 11) is 4.62. The van der Waals surface area contributed by atoms with Gasteiger partial charge in [-0.1, -0.05) is 51.7 Å². The molecule has 0 atom stereocenters. The van der Waals surface area contributed by atoms with E-state index in [-0.39, 0.29) is 71.5 Å². The third-order valence-electron chi connectivity index (χ3n) is 16.3. The number of halogens is 5. The van der Waals surface area contributed by atoms with Crippen molar-refractivity contribution < 1.29 is 51.7 Å². The summed E-state index contributed by atoms with van der Waals surface area (Å²) in [4.78, 5) is 60.6. The van der Waals surface area contributed by atoms with E-state index in [1.807, 2.05) is 62.8 Å². The molecule has 8 aromatic rings. The van der Waals surface area contributed by atoms with Gasteiger partial charge in [-0.15, -0.1) is 12.4 Å². The second-order valence-electron chi connectivity index (χ2n) is 23.6. The number of amides is 1. The Hall–Kier alpha value is -8.75. The average molecular weight is 1380 g/mol. The van der Waals surface area contributed by atoms with E-state index in [2.05, 4.69) is 70.8 Å². The van der Waals surface area contributed by atoms with Crippen LogP contribution in [-0.4, -0.2) is 120 Å². The summed E-state index contributed by atoms with van der Waals surface area (Å²) in [5, 5.41) is 28.5. The van der Waals surface area contributed by atoms with Gasteiger partial charge in [0.2, 0.25) is 28.9 Å². The van der Waals surface area contributed by atoms with Crippen LogP contribution < -0.4 is 30.3 Å². The molecule has 3 fully saturated rings. The molecule has 1 amide bonds. The van der Waals surface area contributed by atoms with Gasteiger partial charge in [0.15, 0.2) is 11.6 Å². The quantitative estimate of drug-likeness (QED) is 0.0269. The number of allylic oxidation sites excluding steroid dienone is 1. The summed E-state index contributed by atoms with van der Waals surface area (Å²) >= 11 is 4.71. The summed E-state index contributed by atoms with van der Waals surface area (Å²) in [5.74, 6) is 0.148. The fourth-order valence-corrected chi connectivity index (χ4v) is 11.7. The van der Waals surface area contributed by atoms with Crippen LogP contribution in [0.2, 0.25) is 0 Å². The Morgan fingerprint density at radius 1 is 0.680 bits per heavy atom. The molecule has 0 unspecified atom stereocenters. The molecular formula is C70H88Cl2F3N13O9. The van der Waals surface area contributed by atoms with Gasteiger partial charge in [0.25, 0.3) is 0 Å². The van der Waals surface area contributed by atoms with Gasteiger partial charge in [0.05, 0.1) is 82.6 Å². The van der Waals surface area contributed by atoms with Gasteiger partial charge < -0.3 is 54.0 Å². The zero-order valence-electron chi connectivity index (χ0n) is 56.6. The minimum absolute atomic E-state index is 0. The molecule has 522 valence electrons. The van der Waals surface area contributed by atoms with Crippen molar-refractivity contribution in [1.29, 1.82) is 0 Å². The van der Waals surface area contributed by atoms with E-state index in [4.69, 9.17) is 35.7 Å². The van der Waals surface area contributed by atoms with Gasteiger partial charge in [-0.2, -0.15) is 4.39 Å². The molecule has 5 heterocycles. The van der Waals surface area contributed by atoms with Gasteiger partial charge in [-0.05, 0) is 153 Å². The number of ether oxygens (including phenoxy) is 4. The number of anilines is 6. The van der Waals surface area contributed by atoms with Gasteiger partial charge in [-0.25, -0.2) is 38.7 Å². The van der Waals surface area contributed by atoms with Crippen LogP contribution in [0, 0.1) is 41.4 Å². The van der Waals surface area contributed by atoms with E-state index >= 15 is 4.39 Å². The van der Waals surface area contributed by atoms with Gasteiger partial charge >= 0.3 is 5.69 Å². The molecule has 0 spiro atoms. The zero-order valence-corrected chi connectivity index (χ0v) is 58.2. The SMILES string of the molecule is C=CC(=O)Cl.C=CC(=O)Nc1cc(Nc2nccc(-c3cc(F)c4nc(C)n(C(C)C)c4c3)n2)c(OC)cc1N1CCC(OC)CC1.CCOC1CCCCC1.COc1cc(F)c([N+](=O)[O-])cc1Nc1nccc(-c2cc(F)c3nc(C)n(C(C)C)c3c2)n1.Cl.OC1CCCCC1. The number of carbonyl (C=O) groups excluding carboxylic acids is 2. The van der Waals surface area contributed by atoms with Crippen LogP contribution >= 0.6 is 24.0 Å². The van der Waals surface area contributed by atoms with Crippen molar-refractivity contribution in [3.63, 3.8) is 0 Å². The number of hydrogen-bond donors (Lipinski definition) is 4. The van der Waals surface area contributed by atoms with E-state index in [1.165, 1.54) is 82.9 Å². The lowest BCUT2D eigenvalue weighted by molar-refractivity contribution is -0.387. The van der Waals surface area contributed by atoms with Crippen molar-refractivity contribution in [2.24, 2.45) is 0 Å². The first-order valence-electron chi connectivity index (χ1n) is 32.1. The molecule has 3 aliphatic rings. The van der Waals surface area contributed by atoms with Crippen LogP contribution in [0.25, 0.3) is 44.6 Å². The van der Waals surface area contributed by atoms with Gasteiger partial charge in [0, 0.05) is 80.6 Å². The molecule has 22 nitrogen and oxygen atoms in total. The number of piperidine rings is 1. The summed E-state index contributed by atoms with van der Waals surface area (Å²) in [5.41, 5.74) is 5.40. The number of benzene rings is 4. The molecule has 4 aromatic carbocycles. The van der Waals surface area contributed by atoms with Gasteiger partial charge in [0.1, 0.15) is 34.2 Å². The van der Waals surface area contributed by atoms with E-state index in [9.17, 15) is 28.5 Å². The highest BCUT2D eigenvalue weighted by molar-refractivity contribution is 6.66. The first kappa shape index (κ1) is 77.3. The highest BCUT2D eigenvalue weighted by Gasteiger charge is 2.26. The van der Waals surface area contributed by atoms with E-state index < -0.39 is 33.3 Å². The van der Waals surface area contributed by atoms with Crippen LogP contribution in [0.1, 0.15) is 135 Å². The molecule has 27 heteroatoms. The highest BCUT2D eigenvalue weighted by Crippen LogP contribution is 2.41. The van der Waals surface area contributed by atoms with Crippen LogP contribution in [0.15, 0.2) is 98.4 Å². The van der Waals surface area contributed by atoms with Crippen LogP contribution in [0.5, 0.6) is 11.5 Å². The lowest BCUT2D eigenvalue weighted by Crippen LogP contribution is -2.37. The molecule has 0 bridgehead atoms. The Kier molecular flexibility index (Phi) is 29.6.